The van der Waals surface area contributed by atoms with E-state index in [1.54, 1.807) is 25.3 Å². The third kappa shape index (κ3) is 5.48. The lowest BCUT2D eigenvalue weighted by Crippen LogP contribution is -2.25. The number of nitrogens with one attached hydrogen (secondary N) is 1. The molecule has 1 rings (SSSR count). The molecule has 0 aromatic heterocycles. The number of carbonyl (C=O) groups is 1. The first-order valence-corrected chi connectivity index (χ1v) is 6.98. The molecule has 0 atom stereocenters. The van der Waals surface area contributed by atoms with E-state index in [1.165, 1.54) is 6.42 Å². The van der Waals surface area contributed by atoms with Crippen LogP contribution in [0.3, 0.4) is 0 Å². The normalized spacial score (nSPS) is 10.6. The highest BCUT2D eigenvalue weighted by Gasteiger charge is 2.07. The van der Waals surface area contributed by atoms with Gasteiger partial charge >= 0.3 is 0 Å². The van der Waals surface area contributed by atoms with E-state index in [0.717, 1.165) is 19.5 Å². The average molecular weight is 279 g/mol. The number of nitrogens with two attached hydrogens (primary N) is 1. The standard InChI is InChI=1S/C15H25N3O2/c1-4-5-9-18(2)10-8-15(19)17-14-7-6-12(20-3)11-13(14)16/h6-7,11H,4-5,8-10,16H2,1-3H3,(H,17,19). The number of hydrogen-bond acceptors (Lipinski definition) is 4. The summed E-state index contributed by atoms with van der Waals surface area (Å²) in [4.78, 5) is 14.0. The van der Waals surface area contributed by atoms with Crippen LogP contribution in [-0.2, 0) is 4.79 Å². The van der Waals surface area contributed by atoms with Crippen LogP contribution in [0.25, 0.3) is 0 Å². The number of nitrogen functional groups attached to an aromatic ring is 1. The summed E-state index contributed by atoms with van der Waals surface area (Å²) in [5.41, 5.74) is 7.00. The number of anilines is 2. The Kier molecular flexibility index (Phi) is 6.87. The molecule has 0 heterocycles. The summed E-state index contributed by atoms with van der Waals surface area (Å²) in [6.07, 6.45) is 2.79. The first-order valence-electron chi connectivity index (χ1n) is 6.98. The van der Waals surface area contributed by atoms with Crippen LogP contribution < -0.4 is 15.8 Å². The van der Waals surface area contributed by atoms with Crippen LogP contribution in [-0.4, -0.2) is 38.1 Å². The molecule has 0 aliphatic heterocycles. The first kappa shape index (κ1) is 16.3. The fraction of sp³-hybridized carbons (Fsp3) is 0.533. The molecule has 1 aromatic rings. The number of carbonyl (C=O) groups excluding carboxylic acids is 1. The van der Waals surface area contributed by atoms with Gasteiger partial charge in [0.25, 0.3) is 0 Å². The lowest BCUT2D eigenvalue weighted by atomic mass is 10.2. The van der Waals surface area contributed by atoms with Gasteiger partial charge in [-0.1, -0.05) is 13.3 Å². The molecule has 0 aliphatic carbocycles. The minimum Gasteiger partial charge on any atom is -0.497 e. The van der Waals surface area contributed by atoms with Crippen molar-refractivity contribution in [1.82, 2.24) is 4.90 Å². The van der Waals surface area contributed by atoms with E-state index in [-0.39, 0.29) is 5.91 Å². The monoisotopic (exact) mass is 279 g/mol. The van der Waals surface area contributed by atoms with Crippen molar-refractivity contribution < 1.29 is 9.53 Å². The van der Waals surface area contributed by atoms with Crippen molar-refractivity contribution in [2.45, 2.75) is 26.2 Å². The second-order valence-electron chi connectivity index (χ2n) is 4.91. The van der Waals surface area contributed by atoms with Gasteiger partial charge in [0.2, 0.25) is 5.91 Å². The van der Waals surface area contributed by atoms with Gasteiger partial charge in [-0.15, -0.1) is 0 Å². The summed E-state index contributed by atoms with van der Waals surface area (Å²) in [6, 6.07) is 5.23. The summed E-state index contributed by atoms with van der Waals surface area (Å²) in [5.74, 6) is 0.657. The predicted octanol–water partition coefficient (Wildman–Crippen LogP) is 2.34. The molecule has 0 spiro atoms. The van der Waals surface area contributed by atoms with Crippen LogP contribution in [0.1, 0.15) is 26.2 Å². The lowest BCUT2D eigenvalue weighted by Gasteiger charge is -2.16. The largest absolute Gasteiger partial charge is 0.497 e. The van der Waals surface area contributed by atoms with Gasteiger partial charge in [0.15, 0.2) is 0 Å². The fourth-order valence-electron chi connectivity index (χ4n) is 1.83. The van der Waals surface area contributed by atoms with E-state index < -0.39 is 0 Å². The molecular weight excluding hydrogens is 254 g/mol. The second kappa shape index (κ2) is 8.43. The number of amides is 1. The van der Waals surface area contributed by atoms with Gasteiger partial charge in [-0.25, -0.2) is 0 Å². The summed E-state index contributed by atoms with van der Waals surface area (Å²) >= 11 is 0. The van der Waals surface area contributed by atoms with Gasteiger partial charge in [0.05, 0.1) is 18.5 Å². The molecule has 1 amide bonds. The molecule has 0 radical (unpaired) electrons. The maximum absolute atomic E-state index is 11.9. The van der Waals surface area contributed by atoms with Crippen molar-refractivity contribution >= 4 is 17.3 Å². The van der Waals surface area contributed by atoms with Crippen LogP contribution in [0.2, 0.25) is 0 Å². The van der Waals surface area contributed by atoms with Crippen LogP contribution in [0.15, 0.2) is 18.2 Å². The molecule has 5 heteroatoms. The molecule has 0 unspecified atom stereocenters. The zero-order valence-electron chi connectivity index (χ0n) is 12.6. The number of rotatable bonds is 8. The zero-order chi connectivity index (χ0) is 15.0. The highest BCUT2D eigenvalue weighted by molar-refractivity contribution is 5.94. The molecule has 0 saturated heterocycles. The van der Waals surface area contributed by atoms with Gasteiger partial charge in [-0.2, -0.15) is 0 Å². The molecule has 0 fully saturated rings. The van der Waals surface area contributed by atoms with Crippen LogP contribution in [0.5, 0.6) is 5.75 Å². The molecule has 5 nitrogen and oxygen atoms in total. The van der Waals surface area contributed by atoms with Gasteiger partial charge in [0.1, 0.15) is 5.75 Å². The van der Waals surface area contributed by atoms with E-state index in [9.17, 15) is 4.79 Å². The number of nitrogens with zero attached hydrogens (tertiary/aromatic N) is 1. The van der Waals surface area contributed by atoms with Crippen molar-refractivity contribution in [3.05, 3.63) is 18.2 Å². The van der Waals surface area contributed by atoms with Crippen LogP contribution in [0, 0.1) is 0 Å². The number of benzene rings is 1. The maximum Gasteiger partial charge on any atom is 0.225 e. The number of ether oxygens (including phenoxy) is 1. The summed E-state index contributed by atoms with van der Waals surface area (Å²) in [5, 5.41) is 2.83. The zero-order valence-corrected chi connectivity index (χ0v) is 12.6. The van der Waals surface area contributed by atoms with Crippen molar-refractivity contribution in [2.75, 3.05) is 38.3 Å². The molecule has 0 aliphatic rings. The SMILES string of the molecule is CCCCN(C)CCC(=O)Nc1ccc(OC)cc1N. The third-order valence-corrected chi connectivity index (χ3v) is 3.15. The summed E-state index contributed by atoms with van der Waals surface area (Å²) in [7, 11) is 3.61. The Morgan fingerprint density at radius 1 is 1.40 bits per heavy atom. The van der Waals surface area contributed by atoms with Gasteiger partial charge in [-0.3, -0.25) is 4.79 Å². The van der Waals surface area contributed by atoms with E-state index in [2.05, 4.69) is 17.1 Å². The number of methoxy groups -OCH3 is 1. The van der Waals surface area contributed by atoms with E-state index in [0.29, 0.717) is 23.5 Å². The minimum atomic E-state index is -0.0229. The third-order valence-electron chi connectivity index (χ3n) is 3.15. The predicted molar refractivity (Wildman–Crippen MR) is 83.1 cm³/mol. The van der Waals surface area contributed by atoms with Crippen molar-refractivity contribution in [1.29, 1.82) is 0 Å². The Morgan fingerprint density at radius 2 is 2.15 bits per heavy atom. The maximum atomic E-state index is 11.9. The Labute approximate surface area is 121 Å². The Hall–Kier alpha value is -1.75. The summed E-state index contributed by atoms with van der Waals surface area (Å²) in [6.45, 7) is 3.93. The fourth-order valence-corrected chi connectivity index (χ4v) is 1.83. The summed E-state index contributed by atoms with van der Waals surface area (Å²) < 4.78 is 5.07. The number of unbranched alkanes of at least 4 members (excludes halogenated alkanes) is 1. The van der Waals surface area contributed by atoms with Crippen LogP contribution >= 0.6 is 0 Å². The van der Waals surface area contributed by atoms with Gasteiger partial charge in [0, 0.05) is 19.0 Å². The smallest absolute Gasteiger partial charge is 0.225 e. The minimum absolute atomic E-state index is 0.0229. The Balaban J connectivity index is 2.42. The highest BCUT2D eigenvalue weighted by atomic mass is 16.5. The van der Waals surface area contributed by atoms with E-state index in [1.807, 2.05) is 7.05 Å². The van der Waals surface area contributed by atoms with Gasteiger partial charge < -0.3 is 20.7 Å². The van der Waals surface area contributed by atoms with Crippen molar-refractivity contribution in [3.63, 3.8) is 0 Å². The Morgan fingerprint density at radius 3 is 2.75 bits per heavy atom. The molecule has 112 valence electrons. The lowest BCUT2D eigenvalue weighted by molar-refractivity contribution is -0.116. The quantitative estimate of drug-likeness (QED) is 0.717. The Bertz CT molecular complexity index is 435. The van der Waals surface area contributed by atoms with Crippen molar-refractivity contribution in [2.24, 2.45) is 0 Å². The van der Waals surface area contributed by atoms with Crippen LogP contribution in [0.4, 0.5) is 11.4 Å². The second-order valence-corrected chi connectivity index (χ2v) is 4.91. The topological polar surface area (TPSA) is 67.6 Å². The number of hydrogen-bond donors (Lipinski definition) is 2. The highest BCUT2D eigenvalue weighted by Crippen LogP contribution is 2.24. The molecule has 3 N–H and O–H groups in total. The van der Waals surface area contributed by atoms with Gasteiger partial charge in [-0.05, 0) is 32.1 Å². The molecule has 1 aromatic carbocycles. The molecule has 20 heavy (non-hydrogen) atoms. The first-order chi connectivity index (χ1) is 9.56. The van der Waals surface area contributed by atoms with Crippen molar-refractivity contribution in [3.8, 4) is 5.75 Å². The molecule has 0 bridgehead atoms. The van der Waals surface area contributed by atoms with E-state index in [4.69, 9.17) is 10.5 Å². The average Bonchev–Trinajstić information content (AvgIpc) is 2.45. The molecule has 0 saturated carbocycles. The molecular formula is C15H25N3O2. The van der Waals surface area contributed by atoms with E-state index >= 15 is 0 Å².